The van der Waals surface area contributed by atoms with Gasteiger partial charge in [0, 0.05) is 19.7 Å². The maximum absolute atomic E-state index is 14.2. The molecule has 0 bridgehead atoms. The molecular formula is C22H26FN3O4. The number of hydrogen-bond donors (Lipinski definition) is 0. The van der Waals surface area contributed by atoms with Gasteiger partial charge in [0.25, 0.3) is 5.56 Å². The van der Waals surface area contributed by atoms with Crippen molar-refractivity contribution < 1.29 is 13.9 Å². The number of halogens is 1. The van der Waals surface area contributed by atoms with Gasteiger partial charge in [0.1, 0.15) is 12.8 Å². The third kappa shape index (κ3) is 4.38. The SMILES string of the molecule is O=C(Cn1c(=O)c(F)cn(C2CCCO2)c1=O)N1CCC(Cc2ccccc2)CC1. The molecule has 1 amide bonds. The second-order valence-corrected chi connectivity index (χ2v) is 8.04. The van der Waals surface area contributed by atoms with Crippen LogP contribution in [0.1, 0.15) is 37.5 Å². The van der Waals surface area contributed by atoms with E-state index in [2.05, 4.69) is 12.1 Å². The number of aromatic nitrogens is 2. The summed E-state index contributed by atoms with van der Waals surface area (Å²) in [4.78, 5) is 39.3. The first kappa shape index (κ1) is 20.5. The molecule has 0 saturated carbocycles. The Bertz CT molecular complexity index is 1000. The van der Waals surface area contributed by atoms with Crippen molar-refractivity contribution in [3.05, 3.63) is 68.7 Å². The Morgan fingerprint density at radius 3 is 2.50 bits per heavy atom. The van der Waals surface area contributed by atoms with Crippen molar-refractivity contribution in [2.75, 3.05) is 19.7 Å². The Morgan fingerprint density at radius 1 is 1.10 bits per heavy atom. The average Bonchev–Trinajstić information content (AvgIpc) is 3.29. The number of benzene rings is 1. The lowest BCUT2D eigenvalue weighted by atomic mass is 9.90. The minimum Gasteiger partial charge on any atom is -0.358 e. The molecule has 0 aliphatic carbocycles. The molecule has 0 radical (unpaired) electrons. The van der Waals surface area contributed by atoms with Crippen LogP contribution in [0.25, 0.3) is 0 Å². The topological polar surface area (TPSA) is 73.5 Å². The molecule has 2 aliphatic rings. The second-order valence-electron chi connectivity index (χ2n) is 8.04. The van der Waals surface area contributed by atoms with E-state index in [9.17, 15) is 18.8 Å². The molecule has 2 saturated heterocycles. The van der Waals surface area contributed by atoms with Crippen molar-refractivity contribution in [1.29, 1.82) is 0 Å². The molecule has 0 N–H and O–H groups in total. The summed E-state index contributed by atoms with van der Waals surface area (Å²) in [5.74, 6) is -0.901. The maximum Gasteiger partial charge on any atom is 0.333 e. The molecule has 2 fully saturated rings. The van der Waals surface area contributed by atoms with E-state index in [0.29, 0.717) is 36.6 Å². The normalized spacial score (nSPS) is 19.9. The van der Waals surface area contributed by atoms with Crippen LogP contribution in [0.3, 0.4) is 0 Å². The van der Waals surface area contributed by atoms with Crippen LogP contribution in [0, 0.1) is 11.7 Å². The van der Waals surface area contributed by atoms with Crippen molar-refractivity contribution in [3.63, 3.8) is 0 Å². The lowest BCUT2D eigenvalue weighted by molar-refractivity contribution is -0.133. The largest absolute Gasteiger partial charge is 0.358 e. The quantitative estimate of drug-likeness (QED) is 0.748. The van der Waals surface area contributed by atoms with Crippen LogP contribution < -0.4 is 11.2 Å². The van der Waals surface area contributed by atoms with Crippen LogP contribution >= 0.6 is 0 Å². The number of nitrogens with zero attached hydrogens (tertiary/aromatic N) is 3. The molecule has 7 nitrogen and oxygen atoms in total. The van der Waals surface area contributed by atoms with Crippen LogP contribution in [-0.4, -0.2) is 39.6 Å². The molecule has 1 unspecified atom stereocenters. The lowest BCUT2D eigenvalue weighted by Crippen LogP contribution is -2.47. The number of carbonyl (C=O) groups excluding carboxylic acids is 1. The molecule has 0 spiro atoms. The molecule has 1 aromatic heterocycles. The molecular weight excluding hydrogens is 389 g/mol. The van der Waals surface area contributed by atoms with E-state index in [0.717, 1.165) is 36.4 Å². The summed E-state index contributed by atoms with van der Waals surface area (Å²) in [6.07, 6.45) is 4.31. The fourth-order valence-electron chi connectivity index (χ4n) is 4.28. The van der Waals surface area contributed by atoms with Gasteiger partial charge in [0.2, 0.25) is 11.7 Å². The number of piperidine rings is 1. The van der Waals surface area contributed by atoms with Gasteiger partial charge in [-0.05, 0) is 43.6 Å². The summed E-state index contributed by atoms with van der Waals surface area (Å²) in [5.41, 5.74) is -0.495. The van der Waals surface area contributed by atoms with Crippen molar-refractivity contribution >= 4 is 5.91 Å². The van der Waals surface area contributed by atoms with E-state index in [1.807, 2.05) is 18.2 Å². The molecule has 1 atom stereocenters. The van der Waals surface area contributed by atoms with Crippen molar-refractivity contribution in [1.82, 2.24) is 14.0 Å². The number of amides is 1. The standard InChI is InChI=1S/C22H26FN3O4/c23-18-14-25(20-7-4-12-30-20)22(29)26(21(18)28)15-19(27)24-10-8-17(9-11-24)13-16-5-2-1-3-6-16/h1-3,5-6,14,17,20H,4,7-13,15H2. The zero-order chi connectivity index (χ0) is 21.1. The van der Waals surface area contributed by atoms with E-state index in [1.54, 1.807) is 4.90 Å². The van der Waals surface area contributed by atoms with Crippen molar-refractivity contribution in [3.8, 4) is 0 Å². The summed E-state index contributed by atoms with van der Waals surface area (Å²) in [6.45, 7) is 1.17. The first-order chi connectivity index (χ1) is 14.5. The first-order valence-corrected chi connectivity index (χ1v) is 10.5. The zero-order valence-electron chi connectivity index (χ0n) is 16.8. The van der Waals surface area contributed by atoms with Crippen molar-refractivity contribution in [2.45, 2.75) is 44.9 Å². The molecule has 8 heteroatoms. The van der Waals surface area contributed by atoms with Crippen LogP contribution in [-0.2, 0) is 22.5 Å². The Labute approximate surface area is 173 Å². The van der Waals surface area contributed by atoms with Gasteiger partial charge in [-0.2, -0.15) is 4.39 Å². The van der Waals surface area contributed by atoms with E-state index >= 15 is 0 Å². The molecule has 3 heterocycles. The minimum absolute atomic E-state index is 0.336. The molecule has 1 aromatic carbocycles. The van der Waals surface area contributed by atoms with Crippen LogP contribution in [0.4, 0.5) is 4.39 Å². The smallest absolute Gasteiger partial charge is 0.333 e. The lowest BCUT2D eigenvalue weighted by Gasteiger charge is -2.32. The Kier molecular flexibility index (Phi) is 6.13. The third-order valence-electron chi connectivity index (χ3n) is 6.00. The summed E-state index contributed by atoms with van der Waals surface area (Å²) in [5, 5.41) is 0. The van der Waals surface area contributed by atoms with Gasteiger partial charge in [-0.3, -0.25) is 14.2 Å². The maximum atomic E-state index is 14.2. The Morgan fingerprint density at radius 2 is 1.83 bits per heavy atom. The molecule has 2 aromatic rings. The average molecular weight is 415 g/mol. The van der Waals surface area contributed by atoms with Gasteiger partial charge in [-0.1, -0.05) is 30.3 Å². The predicted molar refractivity (Wildman–Crippen MR) is 109 cm³/mol. The Hall–Kier alpha value is -2.74. The number of rotatable bonds is 5. The van der Waals surface area contributed by atoms with Gasteiger partial charge in [0.05, 0.1) is 6.20 Å². The third-order valence-corrected chi connectivity index (χ3v) is 6.00. The van der Waals surface area contributed by atoms with Crippen molar-refractivity contribution in [2.24, 2.45) is 5.92 Å². The summed E-state index contributed by atoms with van der Waals surface area (Å²) in [6, 6.07) is 10.2. The van der Waals surface area contributed by atoms with Gasteiger partial charge in [0.15, 0.2) is 0 Å². The van der Waals surface area contributed by atoms with Gasteiger partial charge in [-0.15, -0.1) is 0 Å². The first-order valence-electron chi connectivity index (χ1n) is 10.5. The van der Waals surface area contributed by atoms with Gasteiger partial charge in [-0.25, -0.2) is 9.36 Å². The molecule has 4 rings (SSSR count). The molecule has 160 valence electrons. The fourth-order valence-corrected chi connectivity index (χ4v) is 4.28. The number of hydrogen-bond acceptors (Lipinski definition) is 4. The van der Waals surface area contributed by atoms with Gasteiger partial charge < -0.3 is 9.64 Å². The molecule has 30 heavy (non-hydrogen) atoms. The molecule has 2 aliphatic heterocycles. The van der Waals surface area contributed by atoms with E-state index in [1.165, 1.54) is 5.56 Å². The van der Waals surface area contributed by atoms with Crippen LogP contribution in [0.5, 0.6) is 0 Å². The number of carbonyl (C=O) groups is 1. The van der Waals surface area contributed by atoms with Crippen LogP contribution in [0.2, 0.25) is 0 Å². The van der Waals surface area contributed by atoms with E-state index in [4.69, 9.17) is 4.74 Å². The number of likely N-dealkylation sites (tertiary alicyclic amines) is 1. The highest BCUT2D eigenvalue weighted by Gasteiger charge is 2.26. The number of ether oxygens (including phenoxy) is 1. The predicted octanol–water partition coefficient (Wildman–Crippen LogP) is 1.94. The summed E-state index contributed by atoms with van der Waals surface area (Å²) >= 11 is 0. The van der Waals surface area contributed by atoms with E-state index < -0.39 is 29.8 Å². The monoisotopic (exact) mass is 415 g/mol. The minimum atomic E-state index is -1.07. The highest BCUT2D eigenvalue weighted by atomic mass is 19.1. The summed E-state index contributed by atoms with van der Waals surface area (Å²) < 4.78 is 21.4. The zero-order valence-corrected chi connectivity index (χ0v) is 16.8. The summed E-state index contributed by atoms with van der Waals surface area (Å²) in [7, 11) is 0. The highest BCUT2D eigenvalue weighted by Crippen LogP contribution is 2.22. The van der Waals surface area contributed by atoms with Gasteiger partial charge >= 0.3 is 5.69 Å². The fraction of sp³-hybridized carbons (Fsp3) is 0.500. The highest BCUT2D eigenvalue weighted by molar-refractivity contribution is 5.76. The Balaban J connectivity index is 1.42. The second kappa shape index (κ2) is 8.95. The van der Waals surface area contributed by atoms with Crippen LogP contribution in [0.15, 0.2) is 46.1 Å². The van der Waals surface area contributed by atoms with E-state index in [-0.39, 0.29) is 5.91 Å².